The Morgan fingerprint density at radius 1 is 1.05 bits per heavy atom. The summed E-state index contributed by atoms with van der Waals surface area (Å²) >= 11 is 0. The van der Waals surface area contributed by atoms with E-state index in [1.54, 1.807) is 18.3 Å². The third kappa shape index (κ3) is 2.44. The average molecular weight is 265 g/mol. The molecule has 0 aliphatic rings. The van der Waals surface area contributed by atoms with E-state index in [1.165, 1.54) is 12.1 Å². The molecule has 0 bridgehead atoms. The first-order chi connectivity index (χ1) is 9.72. The molecule has 0 spiro atoms. The highest BCUT2D eigenvalue weighted by atomic mass is 16.4. The summed E-state index contributed by atoms with van der Waals surface area (Å²) in [5.41, 5.74) is 1.27. The summed E-state index contributed by atoms with van der Waals surface area (Å²) in [5, 5.41) is 10.7. The van der Waals surface area contributed by atoms with Crippen LogP contribution >= 0.6 is 0 Å². The molecule has 4 nitrogen and oxygen atoms in total. The molecule has 0 saturated heterocycles. The molecule has 98 valence electrons. The molecule has 0 aliphatic carbocycles. The van der Waals surface area contributed by atoms with Crippen molar-refractivity contribution in [1.82, 2.24) is 0 Å². The van der Waals surface area contributed by atoms with Crippen molar-refractivity contribution in [3.05, 3.63) is 70.6 Å². The number of phenols is 1. The molecule has 2 aromatic carbocycles. The highest BCUT2D eigenvalue weighted by Crippen LogP contribution is 2.23. The van der Waals surface area contributed by atoms with Gasteiger partial charge in [0, 0.05) is 29.3 Å². The fourth-order valence-corrected chi connectivity index (χ4v) is 1.88. The highest BCUT2D eigenvalue weighted by Gasteiger charge is 2.04. The smallest absolute Gasteiger partial charge is 0.336 e. The first-order valence-electron chi connectivity index (χ1n) is 6.08. The van der Waals surface area contributed by atoms with Gasteiger partial charge in [-0.05, 0) is 24.3 Å². The Kier molecular flexibility index (Phi) is 3.05. The minimum atomic E-state index is -0.442. The highest BCUT2D eigenvalue weighted by molar-refractivity contribution is 5.92. The van der Waals surface area contributed by atoms with Gasteiger partial charge in [0.05, 0.1) is 5.69 Å². The Hall–Kier alpha value is -2.88. The van der Waals surface area contributed by atoms with Gasteiger partial charge in [0.1, 0.15) is 11.3 Å². The number of hydrogen-bond acceptors (Lipinski definition) is 4. The van der Waals surface area contributed by atoms with E-state index in [0.29, 0.717) is 11.1 Å². The quantitative estimate of drug-likeness (QED) is 0.571. The lowest BCUT2D eigenvalue weighted by Gasteiger charge is -2.01. The molecule has 3 aromatic rings. The van der Waals surface area contributed by atoms with Crippen LogP contribution in [0.5, 0.6) is 5.75 Å². The lowest BCUT2D eigenvalue weighted by atomic mass is 10.1. The number of nitrogens with zero attached hydrogens (tertiary/aromatic N) is 1. The minimum Gasteiger partial charge on any atom is -0.507 e. The maximum Gasteiger partial charge on any atom is 0.336 e. The SMILES string of the molecule is O=c1ccc2cc(C=Nc3ccccc3)c(O)cc2o1. The molecule has 1 heterocycles. The zero-order chi connectivity index (χ0) is 13.9. The lowest BCUT2D eigenvalue weighted by Crippen LogP contribution is -1.95. The van der Waals surface area contributed by atoms with Gasteiger partial charge in [0.15, 0.2) is 0 Å². The van der Waals surface area contributed by atoms with Gasteiger partial charge in [-0.15, -0.1) is 0 Å². The van der Waals surface area contributed by atoms with Crippen molar-refractivity contribution in [1.29, 1.82) is 0 Å². The molecule has 0 aliphatic heterocycles. The Balaban J connectivity index is 2.04. The minimum absolute atomic E-state index is 0.0199. The Morgan fingerprint density at radius 3 is 2.65 bits per heavy atom. The number of aliphatic imine (C=N–C) groups is 1. The Morgan fingerprint density at radius 2 is 1.85 bits per heavy atom. The second-order valence-corrected chi connectivity index (χ2v) is 4.30. The molecule has 0 unspecified atom stereocenters. The zero-order valence-electron chi connectivity index (χ0n) is 10.5. The van der Waals surface area contributed by atoms with Gasteiger partial charge >= 0.3 is 5.63 Å². The van der Waals surface area contributed by atoms with E-state index < -0.39 is 5.63 Å². The van der Waals surface area contributed by atoms with E-state index in [1.807, 2.05) is 30.3 Å². The third-order valence-corrected chi connectivity index (χ3v) is 2.88. The van der Waals surface area contributed by atoms with Crippen LogP contribution in [0.3, 0.4) is 0 Å². The predicted octanol–water partition coefficient (Wildman–Crippen LogP) is 3.25. The first-order valence-corrected chi connectivity index (χ1v) is 6.08. The molecule has 3 rings (SSSR count). The summed E-state index contributed by atoms with van der Waals surface area (Å²) in [5.74, 6) is 0.0199. The number of phenolic OH excluding ortho intramolecular Hbond substituents is 1. The monoisotopic (exact) mass is 265 g/mol. The maximum atomic E-state index is 11.1. The second kappa shape index (κ2) is 5.01. The van der Waals surface area contributed by atoms with Gasteiger partial charge < -0.3 is 9.52 Å². The van der Waals surface area contributed by atoms with E-state index >= 15 is 0 Å². The van der Waals surface area contributed by atoms with Crippen LogP contribution in [0.4, 0.5) is 5.69 Å². The van der Waals surface area contributed by atoms with Crippen LogP contribution in [0.2, 0.25) is 0 Å². The molecule has 0 amide bonds. The van der Waals surface area contributed by atoms with E-state index in [9.17, 15) is 9.90 Å². The fourth-order valence-electron chi connectivity index (χ4n) is 1.88. The molecule has 0 saturated carbocycles. The van der Waals surface area contributed by atoms with Crippen molar-refractivity contribution in [2.75, 3.05) is 0 Å². The summed E-state index contributed by atoms with van der Waals surface area (Å²) in [7, 11) is 0. The number of hydrogen-bond donors (Lipinski definition) is 1. The van der Waals surface area contributed by atoms with Crippen LogP contribution in [0, 0.1) is 0 Å². The lowest BCUT2D eigenvalue weighted by molar-refractivity contribution is 0.472. The van der Waals surface area contributed by atoms with Crippen molar-refractivity contribution in [2.24, 2.45) is 4.99 Å². The van der Waals surface area contributed by atoms with Crippen molar-refractivity contribution < 1.29 is 9.52 Å². The molecule has 1 N–H and O–H groups in total. The van der Waals surface area contributed by atoms with Gasteiger partial charge in [-0.1, -0.05) is 18.2 Å². The maximum absolute atomic E-state index is 11.1. The molecule has 4 heteroatoms. The summed E-state index contributed by atoms with van der Waals surface area (Å²) in [6.45, 7) is 0. The average Bonchev–Trinajstić information content (AvgIpc) is 2.46. The van der Waals surface area contributed by atoms with Crippen molar-refractivity contribution >= 4 is 22.9 Å². The van der Waals surface area contributed by atoms with Crippen LogP contribution < -0.4 is 5.63 Å². The van der Waals surface area contributed by atoms with Crippen LogP contribution in [0.1, 0.15) is 5.56 Å². The topological polar surface area (TPSA) is 62.8 Å². The van der Waals surface area contributed by atoms with E-state index in [-0.39, 0.29) is 5.75 Å². The van der Waals surface area contributed by atoms with Crippen molar-refractivity contribution in [2.45, 2.75) is 0 Å². The largest absolute Gasteiger partial charge is 0.507 e. The van der Waals surface area contributed by atoms with Gasteiger partial charge in [0.2, 0.25) is 0 Å². The first kappa shape index (κ1) is 12.2. The van der Waals surface area contributed by atoms with Crippen LogP contribution in [-0.2, 0) is 0 Å². The Labute approximate surface area is 114 Å². The van der Waals surface area contributed by atoms with Gasteiger partial charge in [0.25, 0.3) is 0 Å². The summed E-state index contributed by atoms with van der Waals surface area (Å²) in [6, 6.07) is 15.6. The number of benzene rings is 2. The normalized spacial score (nSPS) is 11.2. The molecule has 0 fully saturated rings. The van der Waals surface area contributed by atoms with Crippen molar-refractivity contribution in [3.63, 3.8) is 0 Å². The van der Waals surface area contributed by atoms with Gasteiger partial charge in [-0.25, -0.2) is 4.79 Å². The van der Waals surface area contributed by atoms with E-state index in [0.717, 1.165) is 11.1 Å². The van der Waals surface area contributed by atoms with Gasteiger partial charge in [-0.2, -0.15) is 0 Å². The molecule has 1 aromatic heterocycles. The van der Waals surface area contributed by atoms with Crippen LogP contribution in [-0.4, -0.2) is 11.3 Å². The van der Waals surface area contributed by atoms with Crippen molar-refractivity contribution in [3.8, 4) is 5.75 Å². The number of fused-ring (bicyclic) bond motifs is 1. The van der Waals surface area contributed by atoms with Crippen LogP contribution in [0.25, 0.3) is 11.0 Å². The third-order valence-electron chi connectivity index (χ3n) is 2.88. The van der Waals surface area contributed by atoms with E-state index in [4.69, 9.17) is 4.42 Å². The molecule has 20 heavy (non-hydrogen) atoms. The molecule has 0 radical (unpaired) electrons. The summed E-state index contributed by atoms with van der Waals surface area (Å²) in [4.78, 5) is 15.4. The Bertz CT molecular complexity index is 835. The zero-order valence-corrected chi connectivity index (χ0v) is 10.5. The summed E-state index contributed by atoms with van der Waals surface area (Å²) < 4.78 is 5.00. The number of para-hydroxylation sites is 1. The predicted molar refractivity (Wildman–Crippen MR) is 77.8 cm³/mol. The molecular formula is C16H11NO3. The summed E-state index contributed by atoms with van der Waals surface area (Å²) in [6.07, 6.45) is 1.58. The second-order valence-electron chi connectivity index (χ2n) is 4.30. The standard InChI is InChI=1S/C16H11NO3/c18-14-9-15-11(6-7-16(19)20-15)8-12(14)10-17-13-4-2-1-3-5-13/h1-10,18H. The fraction of sp³-hybridized carbons (Fsp3) is 0. The van der Waals surface area contributed by atoms with Crippen LogP contribution in [0.15, 0.2) is 68.8 Å². The number of rotatable bonds is 2. The van der Waals surface area contributed by atoms with E-state index in [2.05, 4.69) is 4.99 Å². The molecule has 0 atom stereocenters. The molecular weight excluding hydrogens is 254 g/mol. The van der Waals surface area contributed by atoms with Gasteiger partial charge in [-0.3, -0.25) is 4.99 Å². The number of aromatic hydroxyl groups is 1.